The molecule has 0 saturated heterocycles. The smallest absolute Gasteiger partial charge is 0.145 e. The zero-order chi connectivity index (χ0) is 14.0. The summed E-state index contributed by atoms with van der Waals surface area (Å²) in [5, 5.41) is 5.80. The van der Waals surface area contributed by atoms with Crippen LogP contribution in [0.5, 0.6) is 0 Å². The quantitative estimate of drug-likeness (QED) is 0.846. The van der Waals surface area contributed by atoms with Gasteiger partial charge in [-0.1, -0.05) is 0 Å². The molecule has 102 valence electrons. The number of halogens is 3. The first kappa shape index (κ1) is 14.6. The van der Waals surface area contributed by atoms with Crippen molar-refractivity contribution in [3.8, 4) is 0 Å². The molecule has 0 radical (unpaired) electrons. The highest BCUT2D eigenvalue weighted by Gasteiger charge is 2.21. The van der Waals surface area contributed by atoms with Gasteiger partial charge in [-0.15, -0.1) is 11.3 Å². The van der Waals surface area contributed by atoms with Crippen molar-refractivity contribution < 1.29 is 8.78 Å². The third kappa shape index (κ3) is 3.19. The Labute approximate surface area is 123 Å². The van der Waals surface area contributed by atoms with Gasteiger partial charge >= 0.3 is 0 Å². The number of aryl methyl sites for hydroxylation is 1. The molecule has 0 aliphatic rings. The molecule has 2 nitrogen and oxygen atoms in total. The van der Waals surface area contributed by atoms with Gasteiger partial charge in [0.1, 0.15) is 11.6 Å². The van der Waals surface area contributed by atoms with Crippen molar-refractivity contribution in [1.82, 2.24) is 10.3 Å². The highest BCUT2D eigenvalue weighted by atomic mass is 79.9. The van der Waals surface area contributed by atoms with Crippen molar-refractivity contribution in [1.29, 1.82) is 0 Å². The molecular weight excluding hydrogens is 334 g/mol. The average molecular weight is 347 g/mol. The van der Waals surface area contributed by atoms with Crippen LogP contribution in [0.15, 0.2) is 22.0 Å². The minimum Gasteiger partial charge on any atom is -0.312 e. The maximum Gasteiger partial charge on any atom is 0.145 e. The largest absolute Gasteiger partial charge is 0.312 e. The summed E-state index contributed by atoms with van der Waals surface area (Å²) in [4.78, 5) is 4.33. The van der Waals surface area contributed by atoms with Crippen molar-refractivity contribution in [3.05, 3.63) is 49.9 Å². The number of nitrogens with zero attached hydrogens (tertiary/aromatic N) is 1. The van der Waals surface area contributed by atoms with Gasteiger partial charge in [0.05, 0.1) is 15.2 Å². The van der Waals surface area contributed by atoms with Gasteiger partial charge in [0.25, 0.3) is 0 Å². The molecule has 0 bridgehead atoms. The third-order valence-corrected chi connectivity index (χ3v) is 4.29. The number of benzene rings is 1. The second-order valence-corrected chi connectivity index (χ2v) is 6.08. The fourth-order valence-electron chi connectivity index (χ4n) is 1.92. The number of nitrogens with one attached hydrogen (secondary N) is 1. The first-order chi connectivity index (χ1) is 9.02. The maximum absolute atomic E-state index is 14.1. The molecule has 0 amide bonds. The summed E-state index contributed by atoms with van der Waals surface area (Å²) in [6.07, 6.45) is 0.450. The lowest BCUT2D eigenvalue weighted by Gasteiger charge is -2.17. The summed E-state index contributed by atoms with van der Waals surface area (Å²) in [7, 11) is 1.68. The minimum absolute atomic E-state index is 0.0440. The van der Waals surface area contributed by atoms with Gasteiger partial charge in [-0.2, -0.15) is 0 Å². The molecule has 0 saturated carbocycles. The van der Waals surface area contributed by atoms with Crippen molar-refractivity contribution in [2.75, 3.05) is 7.05 Å². The van der Waals surface area contributed by atoms with Crippen LogP contribution in [0.1, 0.15) is 22.3 Å². The van der Waals surface area contributed by atoms with Crippen LogP contribution in [-0.2, 0) is 6.42 Å². The van der Waals surface area contributed by atoms with Gasteiger partial charge in [0, 0.05) is 23.4 Å². The molecular formula is C13H13BrF2N2S. The van der Waals surface area contributed by atoms with E-state index in [1.807, 2.05) is 12.3 Å². The Hall–Kier alpha value is -0.850. The van der Waals surface area contributed by atoms with Crippen molar-refractivity contribution >= 4 is 27.3 Å². The summed E-state index contributed by atoms with van der Waals surface area (Å²) in [5.74, 6) is -1.11. The van der Waals surface area contributed by atoms with E-state index >= 15 is 0 Å². The van der Waals surface area contributed by atoms with Gasteiger partial charge in [0.2, 0.25) is 0 Å². The zero-order valence-corrected chi connectivity index (χ0v) is 12.9. The van der Waals surface area contributed by atoms with Crippen LogP contribution in [0.4, 0.5) is 8.78 Å². The number of thiazole rings is 1. The molecule has 1 heterocycles. The monoisotopic (exact) mass is 346 g/mol. The summed E-state index contributed by atoms with van der Waals surface area (Å²) < 4.78 is 28.2. The Balaban J connectivity index is 2.34. The van der Waals surface area contributed by atoms with Crippen LogP contribution in [0.2, 0.25) is 0 Å². The van der Waals surface area contributed by atoms with E-state index in [1.165, 1.54) is 23.5 Å². The Morgan fingerprint density at radius 1 is 1.42 bits per heavy atom. The molecule has 6 heteroatoms. The van der Waals surface area contributed by atoms with Crippen LogP contribution in [0, 0.1) is 18.6 Å². The topological polar surface area (TPSA) is 24.9 Å². The molecule has 1 unspecified atom stereocenters. The maximum atomic E-state index is 14.1. The molecule has 0 fully saturated rings. The molecule has 1 N–H and O–H groups in total. The fraction of sp³-hybridized carbons (Fsp3) is 0.308. The van der Waals surface area contributed by atoms with Crippen LogP contribution in [0.25, 0.3) is 0 Å². The van der Waals surface area contributed by atoms with E-state index in [1.54, 1.807) is 7.05 Å². The molecule has 1 atom stereocenters. The zero-order valence-electron chi connectivity index (χ0n) is 10.5. The average Bonchev–Trinajstić information content (AvgIpc) is 2.78. The van der Waals surface area contributed by atoms with E-state index < -0.39 is 17.7 Å². The molecule has 2 rings (SSSR count). The van der Waals surface area contributed by atoms with Crippen LogP contribution >= 0.6 is 27.3 Å². The Bertz CT molecular complexity index is 586. The Morgan fingerprint density at radius 2 is 2.16 bits per heavy atom. The van der Waals surface area contributed by atoms with Gasteiger partial charge < -0.3 is 5.32 Å². The van der Waals surface area contributed by atoms with E-state index in [2.05, 4.69) is 26.2 Å². The van der Waals surface area contributed by atoms with Crippen LogP contribution in [-0.4, -0.2) is 12.0 Å². The summed E-state index contributed by atoms with van der Waals surface area (Å²) in [5.41, 5.74) is 0.878. The van der Waals surface area contributed by atoms with E-state index in [-0.39, 0.29) is 10.0 Å². The number of hydrogen-bond acceptors (Lipinski definition) is 3. The fourth-order valence-corrected chi connectivity index (χ4v) is 2.89. The van der Waals surface area contributed by atoms with Gasteiger partial charge in [-0.25, -0.2) is 13.8 Å². The molecule has 19 heavy (non-hydrogen) atoms. The minimum atomic E-state index is -0.564. The molecule has 0 aliphatic heterocycles. The van der Waals surface area contributed by atoms with Crippen LogP contribution < -0.4 is 5.32 Å². The Kier molecular flexibility index (Phi) is 4.65. The number of aromatic nitrogens is 1. The number of rotatable bonds is 4. The molecule has 1 aromatic carbocycles. The molecule has 0 aliphatic carbocycles. The van der Waals surface area contributed by atoms with Crippen molar-refractivity contribution in [2.24, 2.45) is 0 Å². The lowest BCUT2D eigenvalue weighted by atomic mass is 10.0. The van der Waals surface area contributed by atoms with E-state index in [9.17, 15) is 8.78 Å². The van der Waals surface area contributed by atoms with Gasteiger partial charge in [-0.05, 0) is 42.0 Å². The molecule has 2 aromatic rings. The van der Waals surface area contributed by atoms with Crippen LogP contribution in [0.3, 0.4) is 0 Å². The van der Waals surface area contributed by atoms with E-state index in [0.717, 1.165) is 10.7 Å². The predicted octanol–water partition coefficient (Wildman–Crippen LogP) is 4.00. The highest BCUT2D eigenvalue weighted by molar-refractivity contribution is 9.10. The van der Waals surface area contributed by atoms with Gasteiger partial charge in [-0.3, -0.25) is 0 Å². The lowest BCUT2D eigenvalue weighted by Crippen LogP contribution is -2.22. The van der Waals surface area contributed by atoms with Crippen molar-refractivity contribution in [3.63, 3.8) is 0 Å². The lowest BCUT2D eigenvalue weighted by molar-refractivity contribution is 0.484. The third-order valence-electron chi connectivity index (χ3n) is 2.86. The SMILES string of the molecule is CNC(Cc1csc(C)n1)c1c(F)ccc(Br)c1F. The Morgan fingerprint density at radius 3 is 2.74 bits per heavy atom. The van der Waals surface area contributed by atoms with E-state index in [4.69, 9.17) is 0 Å². The first-order valence-electron chi connectivity index (χ1n) is 5.74. The highest BCUT2D eigenvalue weighted by Crippen LogP contribution is 2.28. The van der Waals surface area contributed by atoms with Gasteiger partial charge in [0.15, 0.2) is 0 Å². The first-order valence-corrected chi connectivity index (χ1v) is 7.42. The standard InChI is InChI=1S/C13H13BrF2N2S/c1-7-18-8(6-19-7)5-11(17-2)12-10(15)4-3-9(14)13(12)16/h3-4,6,11,17H,5H2,1-2H3. The molecule has 1 aromatic heterocycles. The van der Waals surface area contributed by atoms with E-state index in [0.29, 0.717) is 6.42 Å². The number of likely N-dealkylation sites (N-methyl/N-ethyl adjacent to an activating group) is 1. The normalized spacial score (nSPS) is 12.7. The summed E-state index contributed by atoms with van der Waals surface area (Å²) in [6.45, 7) is 1.91. The predicted molar refractivity (Wildman–Crippen MR) is 76.4 cm³/mol. The number of hydrogen-bond donors (Lipinski definition) is 1. The summed E-state index contributed by atoms with van der Waals surface area (Å²) >= 11 is 4.61. The second kappa shape index (κ2) is 6.07. The summed E-state index contributed by atoms with van der Waals surface area (Å²) in [6, 6.07) is 2.19. The van der Waals surface area contributed by atoms with Crippen molar-refractivity contribution in [2.45, 2.75) is 19.4 Å². The molecule has 0 spiro atoms. The second-order valence-electron chi connectivity index (χ2n) is 4.16.